The van der Waals surface area contributed by atoms with Gasteiger partial charge in [-0.15, -0.1) is 0 Å². The van der Waals surface area contributed by atoms with Crippen LogP contribution in [0.1, 0.15) is 60.3 Å². The number of hydrogen-bond acceptors (Lipinski definition) is 6. The highest BCUT2D eigenvalue weighted by molar-refractivity contribution is 5.74. The molecule has 0 heterocycles. The van der Waals surface area contributed by atoms with Crippen LogP contribution in [0, 0.1) is 0 Å². The molecule has 0 aliphatic rings. The summed E-state index contributed by atoms with van der Waals surface area (Å²) in [7, 11) is 1.36. The van der Waals surface area contributed by atoms with Crippen LogP contribution in [0.25, 0.3) is 0 Å². The fourth-order valence-corrected chi connectivity index (χ4v) is 1.39. The second-order valence-corrected chi connectivity index (χ2v) is 5.01. The molecule has 2 unspecified atom stereocenters. The Bertz CT molecular complexity index is 293. The fourth-order valence-electron chi connectivity index (χ4n) is 1.39. The van der Waals surface area contributed by atoms with Gasteiger partial charge in [0.05, 0.1) is 13.7 Å². The highest BCUT2D eigenvalue weighted by Crippen LogP contribution is 1.97. The highest BCUT2D eigenvalue weighted by atomic mass is 16.6. The van der Waals surface area contributed by atoms with E-state index in [0.29, 0.717) is 19.8 Å². The zero-order valence-corrected chi connectivity index (χ0v) is 15.6. The van der Waals surface area contributed by atoms with Crippen molar-refractivity contribution in [3.05, 3.63) is 0 Å². The van der Waals surface area contributed by atoms with Gasteiger partial charge in [0.15, 0.2) is 12.2 Å². The third-order valence-electron chi connectivity index (χ3n) is 2.89. The van der Waals surface area contributed by atoms with Crippen LogP contribution in [0.4, 0.5) is 0 Å². The Morgan fingerprint density at radius 2 is 1.35 bits per heavy atom. The smallest absolute Gasteiger partial charge is 0.334 e. The summed E-state index contributed by atoms with van der Waals surface area (Å²) in [6.45, 7) is 11.1. The number of carbonyl (C=O) groups is 2. The van der Waals surface area contributed by atoms with Gasteiger partial charge in [-0.3, -0.25) is 0 Å². The molecule has 0 bridgehead atoms. The second kappa shape index (κ2) is 17.2. The molecule has 0 radical (unpaired) electrons. The number of unbranched alkanes of at least 4 members (excludes halogenated alkanes) is 2. The molecule has 138 valence electrons. The quantitative estimate of drug-likeness (QED) is 0.427. The van der Waals surface area contributed by atoms with Gasteiger partial charge in [0, 0.05) is 13.2 Å². The first-order valence-electron chi connectivity index (χ1n) is 8.42. The number of ether oxygens (including phenoxy) is 4. The Kier molecular flexibility index (Phi) is 18.1. The molecule has 0 aromatic carbocycles. The van der Waals surface area contributed by atoms with Gasteiger partial charge in [-0.2, -0.15) is 0 Å². The summed E-state index contributed by atoms with van der Waals surface area (Å²) in [5.74, 6) is -0.564. The molecule has 0 saturated carbocycles. The first kappa shape index (κ1) is 24.1. The van der Waals surface area contributed by atoms with E-state index in [1.165, 1.54) is 7.11 Å². The molecule has 6 nitrogen and oxygen atoms in total. The van der Waals surface area contributed by atoms with E-state index in [-0.39, 0.29) is 11.9 Å². The Morgan fingerprint density at radius 3 is 1.83 bits per heavy atom. The first-order chi connectivity index (χ1) is 10.9. The molecule has 23 heavy (non-hydrogen) atoms. The van der Waals surface area contributed by atoms with Crippen molar-refractivity contribution in [2.75, 3.05) is 26.9 Å². The molecule has 0 aliphatic carbocycles. The average molecular weight is 334 g/mol. The summed E-state index contributed by atoms with van der Waals surface area (Å²) in [5.41, 5.74) is 0. The van der Waals surface area contributed by atoms with Crippen LogP contribution in [0.15, 0.2) is 0 Å². The third kappa shape index (κ3) is 15.5. The maximum absolute atomic E-state index is 11.1. The standard InChI is InChI=1S/C9H18O3.C8H16O3/c1-4-6-7-12-9(10)8(3)11-5-2;1-4-5-6-11-7(2)8(9)10-3/h8H,4-7H2,1-3H3;7H,4-6H2,1-3H3. The van der Waals surface area contributed by atoms with E-state index in [0.717, 1.165) is 25.7 Å². The van der Waals surface area contributed by atoms with E-state index in [4.69, 9.17) is 14.2 Å². The van der Waals surface area contributed by atoms with E-state index in [1.807, 2.05) is 6.92 Å². The Labute approximate surface area is 140 Å². The molecule has 0 spiro atoms. The van der Waals surface area contributed by atoms with E-state index in [2.05, 4.69) is 18.6 Å². The molecule has 0 aliphatic heterocycles. The van der Waals surface area contributed by atoms with Crippen LogP contribution in [-0.4, -0.2) is 51.1 Å². The molecule has 0 N–H and O–H groups in total. The van der Waals surface area contributed by atoms with Gasteiger partial charge in [0.25, 0.3) is 0 Å². The Morgan fingerprint density at radius 1 is 0.826 bits per heavy atom. The van der Waals surface area contributed by atoms with Crippen molar-refractivity contribution in [1.82, 2.24) is 0 Å². The van der Waals surface area contributed by atoms with Crippen molar-refractivity contribution in [2.45, 2.75) is 72.5 Å². The monoisotopic (exact) mass is 334 g/mol. The van der Waals surface area contributed by atoms with E-state index >= 15 is 0 Å². The number of rotatable bonds is 11. The number of methoxy groups -OCH3 is 1. The van der Waals surface area contributed by atoms with Gasteiger partial charge in [-0.1, -0.05) is 26.7 Å². The molecular weight excluding hydrogens is 300 g/mol. The lowest BCUT2D eigenvalue weighted by molar-refractivity contribution is -0.155. The molecule has 0 fully saturated rings. The molecule has 0 amide bonds. The first-order valence-corrected chi connectivity index (χ1v) is 8.42. The predicted octanol–water partition coefficient (Wildman–Crippen LogP) is 3.12. The maximum atomic E-state index is 11.1. The molecule has 2 atom stereocenters. The van der Waals surface area contributed by atoms with Crippen LogP contribution >= 0.6 is 0 Å². The number of carbonyl (C=O) groups excluding carboxylic acids is 2. The molecule has 0 aromatic heterocycles. The van der Waals surface area contributed by atoms with Crippen molar-refractivity contribution >= 4 is 11.9 Å². The van der Waals surface area contributed by atoms with Crippen molar-refractivity contribution in [3.8, 4) is 0 Å². The fraction of sp³-hybridized carbons (Fsp3) is 0.882. The molecule has 0 rings (SSSR count). The molecule has 0 saturated heterocycles. The maximum Gasteiger partial charge on any atom is 0.334 e. The van der Waals surface area contributed by atoms with Crippen LogP contribution in [0.5, 0.6) is 0 Å². The van der Waals surface area contributed by atoms with Crippen LogP contribution in [0.2, 0.25) is 0 Å². The minimum absolute atomic E-state index is 0.259. The van der Waals surface area contributed by atoms with Gasteiger partial charge in [0.2, 0.25) is 0 Å². The van der Waals surface area contributed by atoms with Crippen molar-refractivity contribution < 1.29 is 28.5 Å². The summed E-state index contributed by atoms with van der Waals surface area (Å²) in [5, 5.41) is 0. The minimum atomic E-state index is -0.424. The lowest BCUT2D eigenvalue weighted by atomic mass is 10.3. The van der Waals surface area contributed by atoms with E-state index in [9.17, 15) is 9.59 Å². The lowest BCUT2D eigenvalue weighted by Gasteiger charge is -2.10. The van der Waals surface area contributed by atoms with Gasteiger partial charge in [-0.05, 0) is 33.6 Å². The normalized spacial score (nSPS) is 12.6. The topological polar surface area (TPSA) is 71.1 Å². The Balaban J connectivity index is 0. The highest BCUT2D eigenvalue weighted by Gasteiger charge is 2.13. The molecule has 6 heteroatoms. The predicted molar refractivity (Wildman–Crippen MR) is 89.3 cm³/mol. The summed E-state index contributed by atoms with van der Waals surface area (Å²) >= 11 is 0. The largest absolute Gasteiger partial charge is 0.467 e. The summed E-state index contributed by atoms with van der Waals surface area (Å²) in [4.78, 5) is 21.8. The van der Waals surface area contributed by atoms with E-state index < -0.39 is 12.2 Å². The third-order valence-corrected chi connectivity index (χ3v) is 2.89. The Hall–Kier alpha value is -1.14. The zero-order chi connectivity index (χ0) is 18.1. The number of hydrogen-bond donors (Lipinski definition) is 0. The van der Waals surface area contributed by atoms with Crippen molar-refractivity contribution in [2.24, 2.45) is 0 Å². The minimum Gasteiger partial charge on any atom is -0.467 e. The summed E-state index contributed by atoms with van der Waals surface area (Å²) in [6.07, 6.45) is 3.18. The van der Waals surface area contributed by atoms with Crippen molar-refractivity contribution in [1.29, 1.82) is 0 Å². The van der Waals surface area contributed by atoms with Gasteiger partial charge < -0.3 is 18.9 Å². The zero-order valence-electron chi connectivity index (χ0n) is 15.6. The van der Waals surface area contributed by atoms with Gasteiger partial charge in [-0.25, -0.2) is 9.59 Å². The molecule has 0 aromatic rings. The SMILES string of the molecule is CCCCOC(=O)C(C)OCC.CCCCOC(C)C(=O)OC. The lowest BCUT2D eigenvalue weighted by Crippen LogP contribution is -2.23. The van der Waals surface area contributed by atoms with Crippen LogP contribution in [0.3, 0.4) is 0 Å². The number of esters is 2. The van der Waals surface area contributed by atoms with Crippen molar-refractivity contribution in [3.63, 3.8) is 0 Å². The van der Waals surface area contributed by atoms with Crippen LogP contribution in [-0.2, 0) is 28.5 Å². The molecular formula is C17H34O6. The van der Waals surface area contributed by atoms with Crippen LogP contribution < -0.4 is 0 Å². The summed E-state index contributed by atoms with van der Waals surface area (Å²) in [6, 6.07) is 0. The van der Waals surface area contributed by atoms with Gasteiger partial charge >= 0.3 is 11.9 Å². The second-order valence-electron chi connectivity index (χ2n) is 5.01. The van der Waals surface area contributed by atoms with Gasteiger partial charge in [0.1, 0.15) is 0 Å². The van der Waals surface area contributed by atoms with E-state index in [1.54, 1.807) is 13.8 Å². The average Bonchev–Trinajstić information content (AvgIpc) is 2.55. The summed E-state index contributed by atoms with van der Waals surface area (Å²) < 4.78 is 19.6.